The third-order valence-corrected chi connectivity index (χ3v) is 2.06. The van der Waals surface area contributed by atoms with E-state index >= 15 is 0 Å². The second-order valence-corrected chi connectivity index (χ2v) is 3.45. The summed E-state index contributed by atoms with van der Waals surface area (Å²) < 4.78 is 0. The van der Waals surface area contributed by atoms with Gasteiger partial charge in [0.15, 0.2) is 0 Å². The molecule has 19 heavy (non-hydrogen) atoms. The number of hydrogen-bond acceptors (Lipinski definition) is 1. The number of hydrogen-bond donors (Lipinski definition) is 0. The Kier molecular flexibility index (Phi) is 13.4. The molecule has 2 aliphatic carbocycles. The molecule has 2 aliphatic rings. The number of carbonyl (C=O) groups excluding carboxylic acids is 1. The van der Waals surface area contributed by atoms with Gasteiger partial charge in [-0.3, -0.25) is 4.79 Å². The van der Waals surface area contributed by atoms with Crippen LogP contribution in [-0.4, -0.2) is 6.29 Å². The van der Waals surface area contributed by atoms with Gasteiger partial charge < -0.3 is 0 Å². The van der Waals surface area contributed by atoms with Gasteiger partial charge in [-0.1, -0.05) is 30.4 Å². The number of allylic oxidation sites excluding steroid dienone is 6. The molecule has 0 bridgehead atoms. The van der Waals surface area contributed by atoms with Crippen molar-refractivity contribution in [2.75, 3.05) is 0 Å². The molecule has 0 unspecified atom stereocenters. The Hall–Kier alpha value is -0.591. The van der Waals surface area contributed by atoms with E-state index in [1.807, 2.05) is 82.1 Å². The maximum absolute atomic E-state index is 9.89. The molecular weight excluding hydrogens is 276 g/mol. The summed E-state index contributed by atoms with van der Waals surface area (Å²) in [7, 11) is 0. The van der Waals surface area contributed by atoms with Crippen LogP contribution in [0.2, 0.25) is 0 Å². The summed E-state index contributed by atoms with van der Waals surface area (Å²) in [6, 6.07) is 0. The van der Waals surface area contributed by atoms with Crippen molar-refractivity contribution in [2.45, 2.75) is 0 Å². The van der Waals surface area contributed by atoms with Gasteiger partial charge in [-0.05, 0) is 63.9 Å². The monoisotopic (exact) mass is 292 g/mol. The molecule has 0 aromatic rings. The zero-order chi connectivity index (χ0) is 12.9. The van der Waals surface area contributed by atoms with Crippen molar-refractivity contribution in [2.24, 2.45) is 0 Å². The largest absolute Gasteiger partial charge is 2.00 e. The predicted octanol–water partition coefficient (Wildman–Crippen LogP) is 3.28. The minimum atomic E-state index is 0. The molecule has 2 fully saturated rings. The van der Waals surface area contributed by atoms with Gasteiger partial charge in [0.1, 0.15) is 6.29 Å². The second-order valence-electron chi connectivity index (χ2n) is 3.45. The van der Waals surface area contributed by atoms with Crippen LogP contribution in [0.15, 0.2) is 36.5 Å². The topological polar surface area (TPSA) is 17.1 Å². The van der Waals surface area contributed by atoms with E-state index in [9.17, 15) is 4.79 Å². The van der Waals surface area contributed by atoms with Crippen molar-refractivity contribution in [3.8, 4) is 0 Å². The fourth-order valence-electron chi connectivity index (χ4n) is 1.23. The van der Waals surface area contributed by atoms with Crippen molar-refractivity contribution in [3.05, 3.63) is 100 Å². The van der Waals surface area contributed by atoms with Gasteiger partial charge in [-0.25, -0.2) is 0 Å². The molecule has 0 spiro atoms. The molecule has 2 rings (SSSR count). The SMILES string of the molecule is O=C/C=C/C=C/C=C/[C]1[CH][CH][CH][CH]1.[CH]1[CH][CH][CH][CH]1.[Fe+2]. The molecule has 0 saturated heterocycles. The van der Waals surface area contributed by atoms with Gasteiger partial charge in [0.2, 0.25) is 0 Å². The van der Waals surface area contributed by atoms with Crippen LogP contribution in [0.5, 0.6) is 0 Å². The molecule has 0 N–H and O–H groups in total. The average Bonchev–Trinajstić information content (AvgIpc) is 3.07. The molecule has 0 amide bonds. The molecule has 1 nitrogen and oxygen atoms in total. The van der Waals surface area contributed by atoms with Gasteiger partial charge in [0, 0.05) is 5.92 Å². The Morgan fingerprint density at radius 3 is 1.63 bits per heavy atom. The van der Waals surface area contributed by atoms with Gasteiger partial charge >= 0.3 is 17.1 Å². The summed E-state index contributed by atoms with van der Waals surface area (Å²) in [5.41, 5.74) is 0. The van der Waals surface area contributed by atoms with Gasteiger partial charge in [0.05, 0.1) is 0 Å². The number of carbonyl (C=O) groups is 1. The van der Waals surface area contributed by atoms with E-state index in [1.54, 1.807) is 6.08 Å². The Bertz CT molecular complexity index is 274. The first-order chi connectivity index (χ1) is 8.93. The van der Waals surface area contributed by atoms with Crippen LogP contribution in [0, 0.1) is 63.7 Å². The molecule has 0 heterocycles. The minimum Gasteiger partial charge on any atom is -0.299 e. The second kappa shape index (κ2) is 13.8. The normalized spacial score (nSPS) is 19.8. The van der Waals surface area contributed by atoms with Gasteiger partial charge in [-0.2, -0.15) is 0 Å². The zero-order valence-electron chi connectivity index (χ0n) is 10.5. The van der Waals surface area contributed by atoms with E-state index < -0.39 is 0 Å². The Labute approximate surface area is 128 Å². The Morgan fingerprint density at radius 1 is 0.632 bits per heavy atom. The van der Waals surface area contributed by atoms with Crippen LogP contribution in [0.25, 0.3) is 0 Å². The fraction of sp³-hybridized carbons (Fsp3) is 0. The van der Waals surface area contributed by atoms with Crippen molar-refractivity contribution in [1.29, 1.82) is 0 Å². The first kappa shape index (κ1) is 18.4. The van der Waals surface area contributed by atoms with Crippen LogP contribution in [-0.2, 0) is 21.9 Å². The quantitative estimate of drug-likeness (QED) is 0.336. The van der Waals surface area contributed by atoms with Crippen LogP contribution in [0.4, 0.5) is 0 Å². The molecule has 0 aliphatic heterocycles. The van der Waals surface area contributed by atoms with E-state index in [2.05, 4.69) is 0 Å². The summed E-state index contributed by atoms with van der Waals surface area (Å²) in [5, 5.41) is 0. The summed E-state index contributed by atoms with van der Waals surface area (Å²) in [5.74, 6) is 1.18. The van der Waals surface area contributed by atoms with Crippen molar-refractivity contribution >= 4 is 6.29 Å². The molecule has 10 radical (unpaired) electrons. The third-order valence-electron chi connectivity index (χ3n) is 2.06. The molecule has 96 valence electrons. The van der Waals surface area contributed by atoms with Crippen molar-refractivity contribution in [1.82, 2.24) is 0 Å². The summed E-state index contributed by atoms with van der Waals surface area (Å²) in [6.45, 7) is 0. The molecular formula is C17H16FeO+2. The fourth-order valence-corrected chi connectivity index (χ4v) is 1.23. The first-order valence-corrected chi connectivity index (χ1v) is 5.77. The van der Waals surface area contributed by atoms with Crippen molar-refractivity contribution in [3.63, 3.8) is 0 Å². The maximum atomic E-state index is 9.89. The number of rotatable bonds is 4. The van der Waals surface area contributed by atoms with Crippen molar-refractivity contribution < 1.29 is 21.9 Å². The zero-order valence-corrected chi connectivity index (χ0v) is 11.6. The molecule has 2 saturated carbocycles. The molecule has 0 atom stereocenters. The van der Waals surface area contributed by atoms with E-state index in [0.29, 0.717) is 0 Å². The van der Waals surface area contributed by atoms with E-state index in [1.165, 1.54) is 12.0 Å². The Morgan fingerprint density at radius 2 is 1.11 bits per heavy atom. The van der Waals surface area contributed by atoms with Crippen LogP contribution in [0.3, 0.4) is 0 Å². The minimum absolute atomic E-state index is 0. The summed E-state index contributed by atoms with van der Waals surface area (Å²) >= 11 is 0. The molecule has 0 aromatic heterocycles. The number of aldehydes is 1. The molecule has 0 aromatic carbocycles. The van der Waals surface area contributed by atoms with Crippen LogP contribution >= 0.6 is 0 Å². The maximum Gasteiger partial charge on any atom is 2.00 e. The molecule has 2 heteroatoms. The van der Waals surface area contributed by atoms with Crippen LogP contribution in [0.1, 0.15) is 0 Å². The van der Waals surface area contributed by atoms with E-state index in [0.717, 1.165) is 6.29 Å². The predicted molar refractivity (Wildman–Crippen MR) is 75.4 cm³/mol. The van der Waals surface area contributed by atoms with Crippen LogP contribution < -0.4 is 0 Å². The van der Waals surface area contributed by atoms with E-state index in [-0.39, 0.29) is 17.1 Å². The average molecular weight is 292 g/mol. The van der Waals surface area contributed by atoms with Gasteiger partial charge in [0.25, 0.3) is 0 Å². The summed E-state index contributed by atoms with van der Waals surface area (Å²) in [6.07, 6.45) is 29.6. The first-order valence-electron chi connectivity index (χ1n) is 5.77. The third kappa shape index (κ3) is 11.0. The smallest absolute Gasteiger partial charge is 0.299 e. The Balaban J connectivity index is 0.000000454. The summed E-state index contributed by atoms with van der Waals surface area (Å²) in [4.78, 5) is 9.89. The van der Waals surface area contributed by atoms with E-state index in [4.69, 9.17) is 0 Å². The standard InChI is InChI=1S/C12H11O.C5H5.Fe/c13-11-7-3-1-2-4-8-12-9-5-6-10-12;1-2-4-5-3-1;/h1-11H;1-5H;/q;;+2/b2-1+,7-3+,8-4+;;. The van der Waals surface area contributed by atoms with Gasteiger partial charge in [-0.15, -0.1) is 0 Å².